The summed E-state index contributed by atoms with van der Waals surface area (Å²) in [7, 11) is 0. The lowest BCUT2D eigenvalue weighted by Gasteiger charge is -2.35. The SMILES string of the molecule is CCOC(=O)[C@H](Cc1ccc(NC(=O)c2c(Cl)cncc2Cl)cc1)N=C1CC(=O)C1(C)C. The first-order chi connectivity index (χ1) is 15.1. The molecule has 1 aliphatic carbocycles. The molecular formula is C23H23Cl2N3O4. The number of nitrogens with one attached hydrogen (secondary N) is 1. The maximum absolute atomic E-state index is 12.5. The molecule has 0 unspecified atom stereocenters. The van der Waals surface area contributed by atoms with Crippen LogP contribution in [0.5, 0.6) is 0 Å². The largest absolute Gasteiger partial charge is 0.464 e. The molecule has 1 fully saturated rings. The van der Waals surface area contributed by atoms with Gasteiger partial charge in [0, 0.05) is 36.6 Å². The molecule has 1 atom stereocenters. The second-order valence-corrected chi connectivity index (χ2v) is 8.72. The molecule has 2 aromatic rings. The second-order valence-electron chi connectivity index (χ2n) is 7.90. The molecule has 1 amide bonds. The zero-order valence-corrected chi connectivity index (χ0v) is 19.5. The fourth-order valence-electron chi connectivity index (χ4n) is 3.23. The summed E-state index contributed by atoms with van der Waals surface area (Å²) in [6.07, 6.45) is 3.26. The van der Waals surface area contributed by atoms with Crippen LogP contribution in [0.25, 0.3) is 0 Å². The first kappa shape index (κ1) is 23.9. The number of Topliss-reactive ketones (excluding diaryl/α,β-unsaturated/α-hetero) is 1. The van der Waals surface area contributed by atoms with E-state index in [1.54, 1.807) is 45.0 Å². The molecule has 1 heterocycles. The van der Waals surface area contributed by atoms with E-state index >= 15 is 0 Å². The number of nitrogens with zero attached hydrogens (tertiary/aromatic N) is 2. The number of hydrogen-bond acceptors (Lipinski definition) is 6. The van der Waals surface area contributed by atoms with Gasteiger partial charge in [-0.25, -0.2) is 4.79 Å². The Balaban J connectivity index is 1.73. The smallest absolute Gasteiger partial charge is 0.331 e. The summed E-state index contributed by atoms with van der Waals surface area (Å²) in [6, 6.07) is 6.25. The van der Waals surface area contributed by atoms with Gasteiger partial charge in [-0.15, -0.1) is 0 Å². The number of carbonyl (C=O) groups excluding carboxylic acids is 3. The van der Waals surface area contributed by atoms with E-state index in [0.717, 1.165) is 5.56 Å². The van der Waals surface area contributed by atoms with E-state index in [2.05, 4.69) is 15.3 Å². The van der Waals surface area contributed by atoms with Gasteiger partial charge in [-0.05, 0) is 38.5 Å². The first-order valence-electron chi connectivity index (χ1n) is 10.1. The minimum atomic E-state index is -0.743. The number of pyridine rings is 1. The maximum Gasteiger partial charge on any atom is 0.331 e. The normalized spacial score (nSPS) is 16.9. The molecule has 1 saturated carbocycles. The number of rotatable bonds is 7. The number of hydrogen-bond donors (Lipinski definition) is 1. The lowest BCUT2D eigenvalue weighted by atomic mass is 9.68. The van der Waals surface area contributed by atoms with Crippen LogP contribution < -0.4 is 5.32 Å². The number of anilines is 1. The lowest BCUT2D eigenvalue weighted by molar-refractivity contribution is -0.144. The Bertz CT molecular complexity index is 1060. The van der Waals surface area contributed by atoms with Crippen molar-refractivity contribution >= 4 is 52.3 Å². The Kier molecular flexibility index (Phi) is 7.31. The molecule has 1 aliphatic rings. The van der Waals surface area contributed by atoms with Crippen LogP contribution in [-0.2, 0) is 20.7 Å². The van der Waals surface area contributed by atoms with E-state index in [0.29, 0.717) is 17.8 Å². The highest BCUT2D eigenvalue weighted by molar-refractivity contribution is 6.40. The number of esters is 1. The zero-order valence-electron chi connectivity index (χ0n) is 17.9. The van der Waals surface area contributed by atoms with Gasteiger partial charge in [0.05, 0.1) is 27.6 Å². The Morgan fingerprint density at radius 1 is 1.19 bits per heavy atom. The van der Waals surface area contributed by atoms with Gasteiger partial charge in [-0.1, -0.05) is 35.3 Å². The van der Waals surface area contributed by atoms with E-state index in [4.69, 9.17) is 27.9 Å². The number of aromatic nitrogens is 1. The second kappa shape index (κ2) is 9.79. The predicted octanol–water partition coefficient (Wildman–Crippen LogP) is 4.55. The number of halogens is 2. The van der Waals surface area contributed by atoms with E-state index in [-0.39, 0.29) is 34.4 Å². The highest BCUT2D eigenvalue weighted by atomic mass is 35.5. The molecule has 3 rings (SSSR count). The van der Waals surface area contributed by atoms with Crippen molar-refractivity contribution in [1.82, 2.24) is 4.98 Å². The molecule has 0 spiro atoms. The summed E-state index contributed by atoms with van der Waals surface area (Å²) in [6.45, 7) is 5.59. The Morgan fingerprint density at radius 2 is 1.81 bits per heavy atom. The van der Waals surface area contributed by atoms with Crippen LogP contribution in [0.15, 0.2) is 41.7 Å². The number of aliphatic imine (C=N–C) groups is 1. The monoisotopic (exact) mass is 475 g/mol. The molecule has 168 valence electrons. The molecule has 9 heteroatoms. The number of amides is 1. The summed E-state index contributed by atoms with van der Waals surface area (Å²) in [5, 5.41) is 3.04. The highest BCUT2D eigenvalue weighted by Gasteiger charge is 2.44. The van der Waals surface area contributed by atoms with Crippen molar-refractivity contribution < 1.29 is 19.1 Å². The summed E-state index contributed by atoms with van der Waals surface area (Å²) in [5.41, 5.74) is 1.56. The molecule has 7 nitrogen and oxygen atoms in total. The average molecular weight is 476 g/mol. The van der Waals surface area contributed by atoms with E-state index < -0.39 is 23.3 Å². The average Bonchev–Trinajstić information content (AvgIpc) is 2.74. The van der Waals surface area contributed by atoms with Crippen molar-refractivity contribution in [1.29, 1.82) is 0 Å². The van der Waals surface area contributed by atoms with Crippen LogP contribution >= 0.6 is 23.2 Å². The lowest BCUT2D eigenvalue weighted by Crippen LogP contribution is -2.47. The van der Waals surface area contributed by atoms with Crippen LogP contribution in [0.4, 0.5) is 5.69 Å². The van der Waals surface area contributed by atoms with Gasteiger partial charge in [-0.2, -0.15) is 0 Å². The molecular weight excluding hydrogens is 453 g/mol. The third-order valence-corrected chi connectivity index (χ3v) is 5.91. The summed E-state index contributed by atoms with van der Waals surface area (Å²) < 4.78 is 5.17. The minimum Gasteiger partial charge on any atom is -0.464 e. The van der Waals surface area contributed by atoms with Gasteiger partial charge in [-0.3, -0.25) is 19.6 Å². The molecule has 0 aliphatic heterocycles. The summed E-state index contributed by atoms with van der Waals surface area (Å²) in [5.74, 6) is -0.786. The van der Waals surface area contributed by atoms with Crippen molar-refractivity contribution in [3.8, 4) is 0 Å². The van der Waals surface area contributed by atoms with Gasteiger partial charge in [0.25, 0.3) is 5.91 Å². The third kappa shape index (κ3) is 5.16. The number of carbonyl (C=O) groups is 3. The maximum atomic E-state index is 12.5. The molecule has 1 N–H and O–H groups in total. The van der Waals surface area contributed by atoms with Crippen molar-refractivity contribution in [2.75, 3.05) is 11.9 Å². The topological polar surface area (TPSA) is 97.7 Å². The predicted molar refractivity (Wildman–Crippen MR) is 124 cm³/mol. The Morgan fingerprint density at radius 3 is 2.34 bits per heavy atom. The minimum absolute atomic E-state index is 0.105. The summed E-state index contributed by atoms with van der Waals surface area (Å²) >= 11 is 12.1. The van der Waals surface area contributed by atoms with E-state index in [1.807, 2.05) is 0 Å². The van der Waals surface area contributed by atoms with Crippen molar-refractivity contribution in [3.05, 3.63) is 57.8 Å². The molecule has 32 heavy (non-hydrogen) atoms. The quantitative estimate of drug-likeness (QED) is 0.592. The molecule has 0 saturated heterocycles. The molecule has 1 aromatic carbocycles. The number of ether oxygens (including phenoxy) is 1. The van der Waals surface area contributed by atoms with E-state index in [9.17, 15) is 14.4 Å². The third-order valence-electron chi connectivity index (χ3n) is 5.34. The number of benzene rings is 1. The van der Waals surface area contributed by atoms with Gasteiger partial charge in [0.1, 0.15) is 5.78 Å². The van der Waals surface area contributed by atoms with Crippen LogP contribution in [0, 0.1) is 5.41 Å². The van der Waals surface area contributed by atoms with Crippen LogP contribution in [0.1, 0.15) is 43.1 Å². The number of ketones is 1. The molecule has 1 aromatic heterocycles. The van der Waals surface area contributed by atoms with Crippen molar-refractivity contribution in [2.45, 2.75) is 39.7 Å². The van der Waals surface area contributed by atoms with Crippen LogP contribution in [-0.4, -0.2) is 41.0 Å². The molecule has 0 bridgehead atoms. The van der Waals surface area contributed by atoms with E-state index in [1.165, 1.54) is 12.4 Å². The molecule has 0 radical (unpaired) electrons. The van der Waals surface area contributed by atoms with Crippen LogP contribution in [0.3, 0.4) is 0 Å². The van der Waals surface area contributed by atoms with Gasteiger partial charge < -0.3 is 10.1 Å². The van der Waals surface area contributed by atoms with Crippen molar-refractivity contribution in [2.24, 2.45) is 10.4 Å². The van der Waals surface area contributed by atoms with Crippen molar-refractivity contribution in [3.63, 3.8) is 0 Å². The van der Waals surface area contributed by atoms with Gasteiger partial charge >= 0.3 is 5.97 Å². The van der Waals surface area contributed by atoms with Gasteiger partial charge in [0.2, 0.25) is 0 Å². The Hall–Kier alpha value is -2.77. The van der Waals surface area contributed by atoms with Crippen LogP contribution in [0.2, 0.25) is 10.0 Å². The Labute approximate surface area is 196 Å². The highest BCUT2D eigenvalue weighted by Crippen LogP contribution is 2.34. The zero-order chi connectivity index (χ0) is 23.5. The van der Waals surface area contributed by atoms with Gasteiger partial charge in [0.15, 0.2) is 6.04 Å². The fraction of sp³-hybridized carbons (Fsp3) is 0.348. The summed E-state index contributed by atoms with van der Waals surface area (Å²) in [4.78, 5) is 45.2. The fourth-order valence-corrected chi connectivity index (χ4v) is 3.77. The first-order valence-corrected chi connectivity index (χ1v) is 10.9. The standard InChI is InChI=1S/C23H23Cl2N3O4/c1-4-32-22(31)17(28-18-10-19(29)23(18,2)3)9-13-5-7-14(8-6-13)27-21(30)20-15(24)11-26-12-16(20)25/h5-8,11-12,17H,4,9-10H2,1-3H3,(H,27,30)/t17-/m0/s1.